The van der Waals surface area contributed by atoms with Crippen molar-refractivity contribution in [3.8, 4) is 33.0 Å². The Labute approximate surface area is 149 Å². The fourth-order valence-electron chi connectivity index (χ4n) is 2.58. The normalized spacial score (nSPS) is 10.9. The minimum Gasteiger partial charge on any atom is -0.472 e. The monoisotopic (exact) mass is 351 g/mol. The molecule has 0 N–H and O–H groups in total. The molecule has 1 aromatic carbocycles. The van der Waals surface area contributed by atoms with E-state index in [4.69, 9.17) is 21.0 Å². The average molecular weight is 352 g/mol. The molecule has 0 bridgehead atoms. The van der Waals surface area contributed by atoms with Gasteiger partial charge in [0, 0.05) is 11.1 Å². The molecule has 0 saturated carbocycles. The second-order valence-corrected chi connectivity index (χ2v) is 7.32. The highest BCUT2D eigenvalue weighted by Crippen LogP contribution is 2.34. The second kappa shape index (κ2) is 6.27. The Morgan fingerprint density at radius 1 is 0.875 bits per heavy atom. The summed E-state index contributed by atoms with van der Waals surface area (Å²) in [5.41, 5.74) is 6.29. The number of thiophene rings is 1. The number of hydrogen-bond donors (Lipinski definition) is 0. The molecule has 24 heavy (non-hydrogen) atoms. The summed E-state index contributed by atoms with van der Waals surface area (Å²) in [5, 5.41) is 0. The Bertz CT molecular complexity index is 971. The topological polar surface area (TPSA) is 26.0 Å². The van der Waals surface area contributed by atoms with Gasteiger partial charge in [-0.25, -0.2) is 4.98 Å². The van der Waals surface area contributed by atoms with Crippen molar-refractivity contribution < 1.29 is 4.42 Å². The third-order valence-electron chi connectivity index (χ3n) is 3.85. The first-order valence-corrected chi connectivity index (χ1v) is 8.76. The lowest BCUT2D eigenvalue weighted by atomic mass is 10.0. The van der Waals surface area contributed by atoms with Crippen LogP contribution >= 0.6 is 22.9 Å². The van der Waals surface area contributed by atoms with Crippen molar-refractivity contribution in [1.29, 1.82) is 0 Å². The van der Waals surface area contributed by atoms with Gasteiger partial charge in [0.1, 0.15) is 0 Å². The number of aryl methyl sites for hydroxylation is 1. The van der Waals surface area contributed by atoms with Crippen LogP contribution in [0.15, 0.2) is 71.5 Å². The van der Waals surface area contributed by atoms with E-state index in [9.17, 15) is 0 Å². The maximum Gasteiger partial charge on any atom is 0.0980 e. The second-order valence-electron chi connectivity index (χ2n) is 5.61. The fourth-order valence-corrected chi connectivity index (χ4v) is 3.58. The quantitative estimate of drug-likeness (QED) is 0.410. The summed E-state index contributed by atoms with van der Waals surface area (Å²) in [6, 6.07) is 18.4. The Hall–Kier alpha value is -2.36. The van der Waals surface area contributed by atoms with Crippen LogP contribution in [0, 0.1) is 6.92 Å². The molecule has 3 heterocycles. The lowest BCUT2D eigenvalue weighted by Gasteiger charge is -2.08. The molecule has 0 spiro atoms. The van der Waals surface area contributed by atoms with Crippen LogP contribution in [-0.4, -0.2) is 4.98 Å². The third-order valence-corrected chi connectivity index (χ3v) is 5.11. The number of rotatable bonds is 3. The van der Waals surface area contributed by atoms with Gasteiger partial charge in [-0.1, -0.05) is 41.4 Å². The van der Waals surface area contributed by atoms with Gasteiger partial charge in [0.2, 0.25) is 0 Å². The number of benzene rings is 1. The highest BCUT2D eigenvalue weighted by molar-refractivity contribution is 7.19. The van der Waals surface area contributed by atoms with Gasteiger partial charge in [-0.3, -0.25) is 0 Å². The summed E-state index contributed by atoms with van der Waals surface area (Å²) in [5.74, 6) is 0. The SMILES string of the molecule is Cc1ccc(-c2cc(-c3ccoc3)cc(-c3ccc(Cl)s3)n2)cc1. The molecular formula is C20H14ClNOS. The molecule has 0 aliphatic heterocycles. The van der Waals surface area contributed by atoms with Crippen LogP contribution in [0.1, 0.15) is 5.56 Å². The molecule has 4 aromatic rings. The van der Waals surface area contributed by atoms with Gasteiger partial charge in [0.25, 0.3) is 0 Å². The standard InChI is InChI=1S/C20H14ClNOS/c1-13-2-4-14(5-3-13)17-10-16(15-8-9-23-12-15)11-18(22-17)19-6-7-20(21)24-19/h2-12H,1H3. The molecule has 4 rings (SSSR count). The van der Waals surface area contributed by atoms with Crippen LogP contribution in [0.25, 0.3) is 33.0 Å². The van der Waals surface area contributed by atoms with Gasteiger partial charge in [-0.2, -0.15) is 0 Å². The van der Waals surface area contributed by atoms with E-state index in [1.807, 2.05) is 18.2 Å². The maximum atomic E-state index is 6.10. The van der Waals surface area contributed by atoms with E-state index >= 15 is 0 Å². The summed E-state index contributed by atoms with van der Waals surface area (Å²) in [6.07, 6.45) is 3.43. The van der Waals surface area contributed by atoms with Crippen LogP contribution in [-0.2, 0) is 0 Å². The number of nitrogens with zero attached hydrogens (tertiary/aromatic N) is 1. The number of halogens is 1. The first-order chi connectivity index (χ1) is 11.7. The molecule has 0 amide bonds. The van der Waals surface area contributed by atoms with Crippen molar-refractivity contribution in [2.75, 3.05) is 0 Å². The van der Waals surface area contributed by atoms with Crippen LogP contribution in [0.5, 0.6) is 0 Å². The highest BCUT2D eigenvalue weighted by atomic mass is 35.5. The van der Waals surface area contributed by atoms with Gasteiger partial charge in [-0.05, 0) is 42.8 Å². The zero-order valence-electron chi connectivity index (χ0n) is 13.0. The first kappa shape index (κ1) is 15.2. The Morgan fingerprint density at radius 2 is 1.67 bits per heavy atom. The zero-order chi connectivity index (χ0) is 16.5. The summed E-state index contributed by atoms with van der Waals surface area (Å²) >= 11 is 7.63. The predicted molar refractivity (Wildman–Crippen MR) is 100 cm³/mol. The molecule has 0 aliphatic carbocycles. The number of aromatic nitrogens is 1. The smallest absolute Gasteiger partial charge is 0.0980 e. The molecule has 0 atom stereocenters. The van der Waals surface area contributed by atoms with Crippen LogP contribution < -0.4 is 0 Å². The molecule has 0 unspecified atom stereocenters. The van der Waals surface area contributed by atoms with Crippen molar-refractivity contribution in [3.05, 3.63) is 77.0 Å². The van der Waals surface area contributed by atoms with Crippen molar-refractivity contribution in [2.45, 2.75) is 6.92 Å². The Morgan fingerprint density at radius 3 is 2.33 bits per heavy atom. The molecule has 3 aromatic heterocycles. The van der Waals surface area contributed by atoms with Crippen molar-refractivity contribution in [1.82, 2.24) is 4.98 Å². The summed E-state index contributed by atoms with van der Waals surface area (Å²) in [7, 11) is 0. The zero-order valence-corrected chi connectivity index (χ0v) is 14.6. The van der Waals surface area contributed by atoms with Crippen molar-refractivity contribution in [3.63, 3.8) is 0 Å². The molecule has 118 valence electrons. The molecule has 4 heteroatoms. The van der Waals surface area contributed by atoms with Gasteiger partial charge in [0.15, 0.2) is 0 Å². The van der Waals surface area contributed by atoms with Crippen LogP contribution in [0.3, 0.4) is 0 Å². The number of hydrogen-bond acceptors (Lipinski definition) is 3. The Balaban J connectivity index is 1.89. The lowest BCUT2D eigenvalue weighted by Crippen LogP contribution is -1.89. The molecule has 0 aliphatic rings. The Kier molecular flexibility index (Phi) is 3.97. The van der Waals surface area contributed by atoms with Gasteiger partial charge < -0.3 is 4.42 Å². The lowest BCUT2D eigenvalue weighted by molar-refractivity contribution is 0.568. The van der Waals surface area contributed by atoms with Crippen LogP contribution in [0.4, 0.5) is 0 Å². The third kappa shape index (κ3) is 3.01. The van der Waals surface area contributed by atoms with E-state index in [-0.39, 0.29) is 0 Å². The molecular weight excluding hydrogens is 338 g/mol. The average Bonchev–Trinajstić information content (AvgIpc) is 3.27. The molecule has 0 fully saturated rings. The summed E-state index contributed by atoms with van der Waals surface area (Å²) in [6.45, 7) is 2.08. The van der Waals surface area contributed by atoms with E-state index in [0.717, 1.165) is 37.3 Å². The summed E-state index contributed by atoms with van der Waals surface area (Å²) in [4.78, 5) is 5.90. The van der Waals surface area contributed by atoms with Crippen LogP contribution in [0.2, 0.25) is 4.34 Å². The highest BCUT2D eigenvalue weighted by Gasteiger charge is 2.11. The van der Waals surface area contributed by atoms with E-state index in [2.05, 4.69) is 43.3 Å². The minimum atomic E-state index is 0.761. The fraction of sp³-hybridized carbons (Fsp3) is 0.0500. The van der Waals surface area contributed by atoms with Gasteiger partial charge in [0.05, 0.1) is 33.1 Å². The van der Waals surface area contributed by atoms with E-state index in [0.29, 0.717) is 0 Å². The van der Waals surface area contributed by atoms with E-state index in [1.54, 1.807) is 12.5 Å². The molecule has 0 radical (unpaired) electrons. The maximum absolute atomic E-state index is 6.10. The van der Waals surface area contributed by atoms with Crippen molar-refractivity contribution >= 4 is 22.9 Å². The van der Waals surface area contributed by atoms with Gasteiger partial charge in [-0.15, -0.1) is 11.3 Å². The predicted octanol–water partition coefficient (Wildman–Crippen LogP) is 6.70. The number of furan rings is 1. The molecule has 0 saturated heterocycles. The molecule has 2 nitrogen and oxygen atoms in total. The van der Waals surface area contributed by atoms with Gasteiger partial charge >= 0.3 is 0 Å². The minimum absolute atomic E-state index is 0.761. The summed E-state index contributed by atoms with van der Waals surface area (Å²) < 4.78 is 6.00. The van der Waals surface area contributed by atoms with E-state index in [1.165, 1.54) is 16.9 Å². The first-order valence-electron chi connectivity index (χ1n) is 7.56. The largest absolute Gasteiger partial charge is 0.472 e. The number of pyridine rings is 1. The van der Waals surface area contributed by atoms with Crippen molar-refractivity contribution in [2.24, 2.45) is 0 Å². The van der Waals surface area contributed by atoms with E-state index < -0.39 is 0 Å².